The summed E-state index contributed by atoms with van der Waals surface area (Å²) in [5.41, 5.74) is 3.17. The minimum atomic E-state index is -0.313. The van der Waals surface area contributed by atoms with Crippen LogP contribution in [0.5, 0.6) is 0 Å². The summed E-state index contributed by atoms with van der Waals surface area (Å²) in [4.78, 5) is 23.6. The lowest BCUT2D eigenvalue weighted by molar-refractivity contribution is -0.122. The van der Waals surface area contributed by atoms with Crippen molar-refractivity contribution in [3.05, 3.63) is 71.3 Å². The van der Waals surface area contributed by atoms with E-state index in [1.165, 1.54) is 12.5 Å². The normalized spacial score (nSPS) is 11.6. The third-order valence-corrected chi connectivity index (χ3v) is 3.58. The van der Waals surface area contributed by atoms with Gasteiger partial charge in [0, 0.05) is 13.5 Å². The maximum Gasteiger partial charge on any atom is 0.222 e. The van der Waals surface area contributed by atoms with Crippen molar-refractivity contribution in [2.45, 2.75) is 32.9 Å². The first-order chi connectivity index (χ1) is 11.0. The highest BCUT2D eigenvalue weighted by atomic mass is 16.2. The van der Waals surface area contributed by atoms with E-state index in [2.05, 4.69) is 10.6 Å². The highest BCUT2D eigenvalue weighted by Gasteiger charge is 2.16. The second-order valence-corrected chi connectivity index (χ2v) is 5.63. The maximum atomic E-state index is 12.2. The molecule has 2 aromatic carbocycles. The van der Waals surface area contributed by atoms with Crippen LogP contribution in [0.1, 0.15) is 36.1 Å². The smallest absolute Gasteiger partial charge is 0.222 e. The Balaban J connectivity index is 1.94. The van der Waals surface area contributed by atoms with E-state index in [-0.39, 0.29) is 24.3 Å². The number of amides is 2. The molecule has 2 amide bonds. The van der Waals surface area contributed by atoms with E-state index in [1.807, 2.05) is 61.5 Å². The number of hydrogen-bond acceptors (Lipinski definition) is 2. The van der Waals surface area contributed by atoms with Crippen molar-refractivity contribution in [2.75, 3.05) is 0 Å². The molecule has 0 radical (unpaired) electrons. The molecule has 0 heterocycles. The van der Waals surface area contributed by atoms with Crippen molar-refractivity contribution < 1.29 is 9.59 Å². The van der Waals surface area contributed by atoms with Crippen LogP contribution in [0.25, 0.3) is 0 Å². The maximum absolute atomic E-state index is 12.2. The van der Waals surface area contributed by atoms with Gasteiger partial charge in [0.2, 0.25) is 11.8 Å². The summed E-state index contributed by atoms with van der Waals surface area (Å²) in [6.45, 7) is 3.97. The minimum absolute atomic E-state index is 0.0896. The van der Waals surface area contributed by atoms with E-state index < -0.39 is 0 Å². The highest BCUT2D eigenvalue weighted by Crippen LogP contribution is 2.16. The van der Waals surface area contributed by atoms with Gasteiger partial charge >= 0.3 is 0 Å². The number of aryl methyl sites for hydroxylation is 1. The van der Waals surface area contributed by atoms with Crippen LogP contribution in [0.15, 0.2) is 54.6 Å². The lowest BCUT2D eigenvalue weighted by Crippen LogP contribution is -2.32. The van der Waals surface area contributed by atoms with Gasteiger partial charge in [-0.1, -0.05) is 60.2 Å². The summed E-state index contributed by atoms with van der Waals surface area (Å²) in [6.07, 6.45) is 0.218. The molecule has 0 aromatic heterocycles. The van der Waals surface area contributed by atoms with Gasteiger partial charge in [0.05, 0.1) is 12.5 Å². The number of rotatable bonds is 6. The zero-order chi connectivity index (χ0) is 16.7. The zero-order valence-corrected chi connectivity index (χ0v) is 13.5. The molecule has 0 spiro atoms. The number of nitrogens with one attached hydrogen (secondary N) is 2. The first kappa shape index (κ1) is 16.7. The Labute approximate surface area is 136 Å². The molecule has 1 atom stereocenters. The van der Waals surface area contributed by atoms with Gasteiger partial charge in [-0.15, -0.1) is 0 Å². The van der Waals surface area contributed by atoms with Crippen LogP contribution < -0.4 is 10.6 Å². The fourth-order valence-electron chi connectivity index (χ4n) is 2.35. The molecule has 0 bridgehead atoms. The van der Waals surface area contributed by atoms with E-state index in [9.17, 15) is 9.59 Å². The molecular weight excluding hydrogens is 288 g/mol. The van der Waals surface area contributed by atoms with Crippen LogP contribution in [0.4, 0.5) is 0 Å². The molecule has 0 saturated carbocycles. The monoisotopic (exact) mass is 310 g/mol. The average molecular weight is 310 g/mol. The summed E-state index contributed by atoms with van der Waals surface area (Å²) in [5, 5.41) is 5.73. The summed E-state index contributed by atoms with van der Waals surface area (Å²) in [6, 6.07) is 17.2. The van der Waals surface area contributed by atoms with Crippen LogP contribution in [0.3, 0.4) is 0 Å². The fraction of sp³-hybridized carbons (Fsp3) is 0.263. The lowest BCUT2D eigenvalue weighted by Gasteiger charge is -2.18. The number of carbonyl (C=O) groups excluding carboxylic acids is 2. The largest absolute Gasteiger partial charge is 0.352 e. The molecule has 0 aliphatic heterocycles. The second kappa shape index (κ2) is 8.13. The Kier molecular flexibility index (Phi) is 5.92. The Bertz CT molecular complexity index is 651. The summed E-state index contributed by atoms with van der Waals surface area (Å²) < 4.78 is 0. The zero-order valence-electron chi connectivity index (χ0n) is 13.5. The lowest BCUT2D eigenvalue weighted by atomic mass is 10.0. The third-order valence-electron chi connectivity index (χ3n) is 3.58. The number of benzene rings is 2. The van der Waals surface area contributed by atoms with Gasteiger partial charge in [0.25, 0.3) is 0 Å². The number of hydrogen-bond donors (Lipinski definition) is 2. The molecule has 2 aromatic rings. The van der Waals surface area contributed by atoms with E-state index in [1.54, 1.807) is 0 Å². The molecule has 0 saturated heterocycles. The summed E-state index contributed by atoms with van der Waals surface area (Å²) in [5.74, 6) is -0.238. The van der Waals surface area contributed by atoms with Gasteiger partial charge in [-0.2, -0.15) is 0 Å². The standard InChI is InChI=1S/C19H22N2O2/c1-14-8-10-16(11-9-14)13-20-19(23)12-18(21-15(2)22)17-6-4-3-5-7-17/h3-11,18H,12-13H2,1-2H3,(H,20,23)(H,21,22). The highest BCUT2D eigenvalue weighted by molar-refractivity contribution is 5.79. The van der Waals surface area contributed by atoms with Crippen LogP contribution in [0.2, 0.25) is 0 Å². The Morgan fingerprint density at radius 2 is 1.65 bits per heavy atom. The van der Waals surface area contributed by atoms with Gasteiger partial charge in [0.1, 0.15) is 0 Å². The van der Waals surface area contributed by atoms with Crippen LogP contribution in [-0.2, 0) is 16.1 Å². The van der Waals surface area contributed by atoms with Crippen molar-refractivity contribution in [1.82, 2.24) is 10.6 Å². The topological polar surface area (TPSA) is 58.2 Å². The molecule has 2 rings (SSSR count). The van der Waals surface area contributed by atoms with Gasteiger partial charge in [-0.3, -0.25) is 9.59 Å². The summed E-state index contributed by atoms with van der Waals surface area (Å²) in [7, 11) is 0. The van der Waals surface area contributed by atoms with E-state index in [0.717, 1.165) is 11.1 Å². The minimum Gasteiger partial charge on any atom is -0.352 e. The second-order valence-electron chi connectivity index (χ2n) is 5.63. The molecule has 0 aliphatic carbocycles. The number of carbonyl (C=O) groups is 2. The first-order valence-corrected chi connectivity index (χ1v) is 7.69. The Morgan fingerprint density at radius 1 is 1.00 bits per heavy atom. The molecule has 120 valence electrons. The van der Waals surface area contributed by atoms with Crippen molar-refractivity contribution >= 4 is 11.8 Å². The van der Waals surface area contributed by atoms with Crippen molar-refractivity contribution in [3.63, 3.8) is 0 Å². The van der Waals surface area contributed by atoms with E-state index >= 15 is 0 Å². The molecule has 4 nitrogen and oxygen atoms in total. The molecule has 1 unspecified atom stereocenters. The molecule has 23 heavy (non-hydrogen) atoms. The van der Waals surface area contributed by atoms with E-state index in [4.69, 9.17) is 0 Å². The Hall–Kier alpha value is -2.62. The van der Waals surface area contributed by atoms with Crippen molar-refractivity contribution in [2.24, 2.45) is 0 Å². The predicted molar refractivity (Wildman–Crippen MR) is 90.6 cm³/mol. The van der Waals surface area contributed by atoms with Crippen molar-refractivity contribution in [1.29, 1.82) is 0 Å². The van der Waals surface area contributed by atoms with Gasteiger partial charge < -0.3 is 10.6 Å². The van der Waals surface area contributed by atoms with Gasteiger partial charge in [0.15, 0.2) is 0 Å². The third kappa shape index (κ3) is 5.58. The Morgan fingerprint density at radius 3 is 2.26 bits per heavy atom. The van der Waals surface area contributed by atoms with Gasteiger partial charge in [-0.25, -0.2) is 0 Å². The molecule has 0 aliphatic rings. The van der Waals surface area contributed by atoms with Crippen molar-refractivity contribution in [3.8, 4) is 0 Å². The predicted octanol–water partition coefficient (Wildman–Crippen LogP) is 2.88. The first-order valence-electron chi connectivity index (χ1n) is 7.69. The van der Waals surface area contributed by atoms with Crippen LogP contribution in [-0.4, -0.2) is 11.8 Å². The average Bonchev–Trinajstić information content (AvgIpc) is 2.54. The van der Waals surface area contributed by atoms with Gasteiger partial charge in [-0.05, 0) is 18.1 Å². The molecule has 0 fully saturated rings. The quantitative estimate of drug-likeness (QED) is 0.862. The SMILES string of the molecule is CC(=O)NC(CC(=O)NCc1ccc(C)cc1)c1ccccc1. The van der Waals surface area contributed by atoms with Crippen LogP contribution >= 0.6 is 0 Å². The summed E-state index contributed by atoms with van der Waals surface area (Å²) >= 11 is 0. The molecular formula is C19H22N2O2. The van der Waals surface area contributed by atoms with E-state index in [0.29, 0.717) is 6.54 Å². The fourth-order valence-corrected chi connectivity index (χ4v) is 2.35. The van der Waals surface area contributed by atoms with Crippen LogP contribution in [0, 0.1) is 6.92 Å². The molecule has 2 N–H and O–H groups in total. The molecule has 4 heteroatoms.